The van der Waals surface area contributed by atoms with Crippen LogP contribution in [0.2, 0.25) is 5.02 Å². The number of aryl methyl sites for hydroxylation is 1. The molecule has 3 nitrogen and oxygen atoms in total. The van der Waals surface area contributed by atoms with E-state index in [1.54, 1.807) is 34.3 Å². The monoisotopic (exact) mass is 309 g/mol. The van der Waals surface area contributed by atoms with Crippen molar-refractivity contribution in [1.82, 2.24) is 15.1 Å². The van der Waals surface area contributed by atoms with E-state index < -0.39 is 0 Å². The Morgan fingerprint density at radius 2 is 2.20 bits per heavy atom. The number of nitrogens with zero attached hydrogens (tertiary/aromatic N) is 2. The van der Waals surface area contributed by atoms with Gasteiger partial charge in [-0.25, -0.2) is 4.39 Å². The fourth-order valence-electron chi connectivity index (χ4n) is 2.34. The number of aromatic nitrogens is 2. The second-order valence-corrected chi connectivity index (χ2v) is 6.08. The predicted molar refractivity (Wildman–Crippen MR) is 80.9 cm³/mol. The molecule has 0 aliphatic carbocycles. The fourth-order valence-corrected chi connectivity index (χ4v) is 3.77. The SMILES string of the molecule is CNC(c1cc2cc(F)ccc2s1)c1c(Cl)cnn1C. The van der Waals surface area contributed by atoms with Crippen molar-refractivity contribution >= 4 is 33.0 Å². The van der Waals surface area contributed by atoms with Gasteiger partial charge in [0.2, 0.25) is 0 Å². The van der Waals surface area contributed by atoms with Crippen LogP contribution in [0.4, 0.5) is 4.39 Å². The summed E-state index contributed by atoms with van der Waals surface area (Å²) >= 11 is 7.84. The Hall–Kier alpha value is -1.43. The minimum absolute atomic E-state index is 0.0598. The van der Waals surface area contributed by atoms with Gasteiger partial charge < -0.3 is 5.32 Å². The van der Waals surface area contributed by atoms with Gasteiger partial charge in [0.15, 0.2) is 0 Å². The van der Waals surface area contributed by atoms with Crippen molar-refractivity contribution in [2.24, 2.45) is 7.05 Å². The molecule has 3 aromatic rings. The van der Waals surface area contributed by atoms with Gasteiger partial charge in [0.25, 0.3) is 0 Å². The third-order valence-electron chi connectivity index (χ3n) is 3.28. The van der Waals surface area contributed by atoms with Crippen LogP contribution in [0.25, 0.3) is 10.1 Å². The van der Waals surface area contributed by atoms with Crippen LogP contribution in [0.3, 0.4) is 0 Å². The van der Waals surface area contributed by atoms with E-state index in [2.05, 4.69) is 10.4 Å². The molecular weight excluding hydrogens is 297 g/mol. The molecule has 0 saturated carbocycles. The number of hydrogen-bond donors (Lipinski definition) is 1. The smallest absolute Gasteiger partial charge is 0.123 e. The zero-order valence-electron chi connectivity index (χ0n) is 11.0. The summed E-state index contributed by atoms with van der Waals surface area (Å²) < 4.78 is 16.1. The summed E-state index contributed by atoms with van der Waals surface area (Å²) in [6.45, 7) is 0. The molecule has 6 heteroatoms. The summed E-state index contributed by atoms with van der Waals surface area (Å²) in [4.78, 5) is 1.08. The van der Waals surface area contributed by atoms with Crippen molar-refractivity contribution in [2.45, 2.75) is 6.04 Å². The van der Waals surface area contributed by atoms with Gasteiger partial charge >= 0.3 is 0 Å². The van der Waals surface area contributed by atoms with E-state index in [4.69, 9.17) is 11.6 Å². The molecule has 1 unspecified atom stereocenters. The zero-order chi connectivity index (χ0) is 14.3. The first-order valence-corrected chi connectivity index (χ1v) is 7.33. The van der Waals surface area contributed by atoms with Crippen molar-refractivity contribution in [3.63, 3.8) is 0 Å². The Morgan fingerprint density at radius 1 is 1.40 bits per heavy atom. The largest absolute Gasteiger partial charge is 0.307 e. The first-order valence-electron chi connectivity index (χ1n) is 6.14. The number of thiophene rings is 1. The van der Waals surface area contributed by atoms with E-state index in [0.717, 1.165) is 20.7 Å². The van der Waals surface area contributed by atoms with Gasteiger partial charge in [-0.1, -0.05) is 11.6 Å². The van der Waals surface area contributed by atoms with Crippen LogP contribution in [0.1, 0.15) is 16.6 Å². The molecule has 2 aromatic heterocycles. The quantitative estimate of drug-likeness (QED) is 0.799. The molecule has 1 atom stereocenters. The van der Waals surface area contributed by atoms with Gasteiger partial charge in [-0.05, 0) is 36.7 Å². The van der Waals surface area contributed by atoms with Crippen LogP contribution in [0.15, 0.2) is 30.5 Å². The van der Waals surface area contributed by atoms with Crippen molar-refractivity contribution in [1.29, 1.82) is 0 Å². The molecule has 3 rings (SSSR count). The molecule has 1 N–H and O–H groups in total. The minimum atomic E-state index is -0.221. The molecule has 0 amide bonds. The highest BCUT2D eigenvalue weighted by Gasteiger charge is 2.21. The average Bonchev–Trinajstić information content (AvgIpc) is 2.97. The normalized spacial score (nSPS) is 13.0. The van der Waals surface area contributed by atoms with Gasteiger partial charge in [-0.2, -0.15) is 5.10 Å². The van der Waals surface area contributed by atoms with Gasteiger partial charge in [-0.3, -0.25) is 4.68 Å². The fraction of sp³-hybridized carbons (Fsp3) is 0.214. The average molecular weight is 310 g/mol. The minimum Gasteiger partial charge on any atom is -0.307 e. The lowest BCUT2D eigenvalue weighted by Crippen LogP contribution is -2.20. The van der Waals surface area contributed by atoms with Crippen LogP contribution in [-0.4, -0.2) is 16.8 Å². The Labute approximate surface area is 125 Å². The lowest BCUT2D eigenvalue weighted by Gasteiger charge is -2.15. The van der Waals surface area contributed by atoms with Crippen LogP contribution in [0, 0.1) is 5.82 Å². The van der Waals surface area contributed by atoms with Gasteiger partial charge in [0, 0.05) is 16.6 Å². The highest BCUT2D eigenvalue weighted by atomic mass is 35.5. The molecular formula is C14H13ClFN3S. The molecule has 2 heterocycles. The lowest BCUT2D eigenvalue weighted by atomic mass is 10.1. The van der Waals surface area contributed by atoms with Gasteiger partial charge in [-0.15, -0.1) is 11.3 Å². The van der Waals surface area contributed by atoms with Crippen LogP contribution < -0.4 is 5.32 Å². The highest BCUT2D eigenvalue weighted by Crippen LogP contribution is 2.35. The van der Waals surface area contributed by atoms with Gasteiger partial charge in [0.05, 0.1) is 23.0 Å². The van der Waals surface area contributed by atoms with E-state index in [-0.39, 0.29) is 11.9 Å². The molecule has 0 aliphatic rings. The summed E-state index contributed by atoms with van der Waals surface area (Å²) in [7, 11) is 3.73. The zero-order valence-corrected chi connectivity index (χ0v) is 12.6. The maximum absolute atomic E-state index is 13.3. The lowest BCUT2D eigenvalue weighted by molar-refractivity contribution is 0.613. The number of hydrogen-bond acceptors (Lipinski definition) is 3. The van der Waals surface area contributed by atoms with E-state index >= 15 is 0 Å². The highest BCUT2D eigenvalue weighted by molar-refractivity contribution is 7.19. The molecule has 0 fully saturated rings. The number of benzene rings is 1. The topological polar surface area (TPSA) is 29.9 Å². The Balaban J connectivity index is 2.12. The van der Waals surface area contributed by atoms with E-state index in [1.165, 1.54) is 6.07 Å². The summed E-state index contributed by atoms with van der Waals surface area (Å²) in [6.07, 6.45) is 1.63. The molecule has 1 aromatic carbocycles. The number of rotatable bonds is 3. The molecule has 0 aliphatic heterocycles. The number of nitrogens with one attached hydrogen (secondary N) is 1. The van der Waals surface area contributed by atoms with Crippen molar-refractivity contribution in [2.75, 3.05) is 7.05 Å². The molecule has 0 bridgehead atoms. The first kappa shape index (κ1) is 13.5. The Bertz CT molecular complexity index is 745. The van der Waals surface area contributed by atoms with Crippen molar-refractivity contribution in [3.8, 4) is 0 Å². The molecule has 0 spiro atoms. The maximum Gasteiger partial charge on any atom is 0.123 e. The van der Waals surface area contributed by atoms with Gasteiger partial charge in [0.1, 0.15) is 5.82 Å². The van der Waals surface area contributed by atoms with E-state index in [9.17, 15) is 4.39 Å². The standard InChI is InChI=1S/C14H13ClFN3S/c1-17-13(14-10(15)7-18-19(14)2)12-6-8-5-9(16)3-4-11(8)20-12/h3-7,13,17H,1-2H3. The molecule has 20 heavy (non-hydrogen) atoms. The first-order chi connectivity index (χ1) is 9.60. The van der Waals surface area contributed by atoms with Crippen LogP contribution in [-0.2, 0) is 7.05 Å². The predicted octanol–water partition coefficient (Wildman–Crippen LogP) is 3.74. The number of halogens is 2. The molecule has 104 valence electrons. The second kappa shape index (κ2) is 5.16. The third kappa shape index (κ3) is 2.22. The van der Waals surface area contributed by atoms with Crippen LogP contribution >= 0.6 is 22.9 Å². The Morgan fingerprint density at radius 3 is 2.85 bits per heavy atom. The third-order valence-corrected chi connectivity index (χ3v) is 4.75. The van der Waals surface area contributed by atoms with E-state index in [0.29, 0.717) is 5.02 Å². The van der Waals surface area contributed by atoms with Crippen molar-refractivity contribution in [3.05, 3.63) is 51.9 Å². The Kier molecular flexibility index (Phi) is 3.50. The molecule has 0 saturated heterocycles. The van der Waals surface area contributed by atoms with Crippen molar-refractivity contribution < 1.29 is 4.39 Å². The maximum atomic E-state index is 13.3. The summed E-state index contributed by atoms with van der Waals surface area (Å²) in [5.74, 6) is -0.221. The second-order valence-electron chi connectivity index (χ2n) is 4.55. The molecule has 0 radical (unpaired) electrons. The number of fused-ring (bicyclic) bond motifs is 1. The van der Waals surface area contributed by atoms with Crippen LogP contribution in [0.5, 0.6) is 0 Å². The van der Waals surface area contributed by atoms with E-state index in [1.807, 2.05) is 20.2 Å². The summed E-state index contributed by atoms with van der Waals surface area (Å²) in [5, 5.41) is 8.94. The summed E-state index contributed by atoms with van der Waals surface area (Å²) in [5.41, 5.74) is 0.904. The summed E-state index contributed by atoms with van der Waals surface area (Å²) in [6, 6.07) is 6.76.